The molecule has 0 aliphatic carbocycles. The molecule has 0 saturated carbocycles. The number of benzene rings is 2. The quantitative estimate of drug-likeness (QED) is 0.522. The second-order valence-electron chi connectivity index (χ2n) is 7.22. The zero-order valence-corrected chi connectivity index (χ0v) is 17.1. The fraction of sp³-hybridized carbons (Fsp3) is 0.300. The first kappa shape index (κ1) is 19.9. The first-order valence-electron chi connectivity index (χ1n) is 9.12. The number of aryl methyl sites for hydroxylation is 1. The Hall–Kier alpha value is -2.35. The van der Waals surface area contributed by atoms with E-state index in [1.54, 1.807) is 0 Å². The molecule has 0 bridgehead atoms. The second kappa shape index (κ2) is 7.48. The largest absolute Gasteiger partial charge is 0.480 e. The van der Waals surface area contributed by atoms with Crippen molar-refractivity contribution < 1.29 is 14.3 Å². The number of hydrogen-bond donors (Lipinski definition) is 3. The number of hydrogen-bond acceptors (Lipinski definition) is 4. The zero-order valence-electron chi connectivity index (χ0n) is 15.6. The van der Waals surface area contributed by atoms with Crippen LogP contribution in [0.1, 0.15) is 17.7 Å². The van der Waals surface area contributed by atoms with Crippen molar-refractivity contribution in [3.8, 4) is 0 Å². The van der Waals surface area contributed by atoms with Crippen molar-refractivity contribution in [2.24, 2.45) is 0 Å². The molecule has 0 radical (unpaired) electrons. The van der Waals surface area contributed by atoms with Gasteiger partial charge in [-0.3, -0.25) is 9.48 Å². The summed E-state index contributed by atoms with van der Waals surface area (Å²) < 4.78 is 16.2. The van der Waals surface area contributed by atoms with E-state index in [0.717, 1.165) is 16.8 Å². The lowest BCUT2D eigenvalue weighted by Crippen LogP contribution is -2.38. The minimum absolute atomic E-state index is 0.200. The number of carbonyl (C=O) groups is 1. The van der Waals surface area contributed by atoms with Crippen molar-refractivity contribution in [2.75, 3.05) is 18.4 Å². The Labute approximate surface area is 176 Å². The maximum atomic E-state index is 14.8. The summed E-state index contributed by atoms with van der Waals surface area (Å²) in [6.45, 7) is 2.80. The number of anilines is 1. The summed E-state index contributed by atoms with van der Waals surface area (Å²) in [6, 6.07) is 8.36. The van der Waals surface area contributed by atoms with E-state index < -0.39 is 17.3 Å². The molecule has 29 heavy (non-hydrogen) atoms. The molecule has 1 atom stereocenters. The second-order valence-corrected chi connectivity index (χ2v) is 8.01. The Morgan fingerprint density at radius 2 is 2.17 bits per heavy atom. The van der Waals surface area contributed by atoms with E-state index in [4.69, 9.17) is 28.3 Å². The predicted molar refractivity (Wildman–Crippen MR) is 111 cm³/mol. The lowest BCUT2D eigenvalue weighted by atomic mass is 9.88. The van der Waals surface area contributed by atoms with Crippen LogP contribution in [0.2, 0.25) is 10.0 Å². The molecule has 0 spiro atoms. The van der Waals surface area contributed by atoms with Crippen molar-refractivity contribution in [1.82, 2.24) is 15.1 Å². The van der Waals surface area contributed by atoms with Crippen LogP contribution in [0.15, 0.2) is 30.3 Å². The SMILES string of the molecule is Cc1c2ccc(NC3(c4c(F)ccc(Cl)c4Cl)CCNC3)cc2nn1CC(=O)O. The highest BCUT2D eigenvalue weighted by atomic mass is 35.5. The monoisotopic (exact) mass is 436 g/mol. The van der Waals surface area contributed by atoms with Gasteiger partial charge in [-0.15, -0.1) is 0 Å². The van der Waals surface area contributed by atoms with E-state index >= 15 is 0 Å². The Kier molecular flexibility index (Phi) is 5.14. The molecular formula is C20H19Cl2FN4O2. The van der Waals surface area contributed by atoms with Crippen LogP contribution in [0, 0.1) is 12.7 Å². The summed E-state index contributed by atoms with van der Waals surface area (Å²) in [7, 11) is 0. The number of aromatic nitrogens is 2. The normalized spacial score (nSPS) is 19.0. The molecule has 0 amide bonds. The van der Waals surface area contributed by atoms with E-state index in [-0.39, 0.29) is 11.6 Å². The summed E-state index contributed by atoms with van der Waals surface area (Å²) in [5.41, 5.74) is 1.74. The van der Waals surface area contributed by atoms with Crippen LogP contribution >= 0.6 is 23.2 Å². The van der Waals surface area contributed by atoms with Gasteiger partial charge in [-0.2, -0.15) is 5.10 Å². The summed E-state index contributed by atoms with van der Waals surface area (Å²) in [6.07, 6.45) is 0.620. The Morgan fingerprint density at radius 1 is 1.38 bits per heavy atom. The van der Waals surface area contributed by atoms with Crippen molar-refractivity contribution in [3.63, 3.8) is 0 Å². The molecule has 1 aliphatic rings. The van der Waals surface area contributed by atoms with E-state index in [0.29, 0.717) is 35.6 Å². The highest BCUT2D eigenvalue weighted by Gasteiger charge is 2.40. The van der Waals surface area contributed by atoms with Crippen molar-refractivity contribution in [2.45, 2.75) is 25.4 Å². The van der Waals surface area contributed by atoms with Crippen LogP contribution in [0.25, 0.3) is 10.9 Å². The maximum Gasteiger partial charge on any atom is 0.325 e. The van der Waals surface area contributed by atoms with Gasteiger partial charge in [0.2, 0.25) is 0 Å². The minimum Gasteiger partial charge on any atom is -0.480 e. The van der Waals surface area contributed by atoms with Crippen LogP contribution in [0.3, 0.4) is 0 Å². The number of nitrogens with one attached hydrogen (secondary N) is 2. The molecule has 9 heteroatoms. The lowest BCUT2D eigenvalue weighted by molar-refractivity contribution is -0.137. The molecule has 2 aromatic carbocycles. The van der Waals surface area contributed by atoms with Crippen molar-refractivity contribution in [1.29, 1.82) is 0 Å². The summed E-state index contributed by atoms with van der Waals surface area (Å²) in [5.74, 6) is -1.38. The van der Waals surface area contributed by atoms with Gasteiger partial charge in [0, 0.05) is 28.9 Å². The number of nitrogens with zero attached hydrogens (tertiary/aromatic N) is 2. The number of halogens is 3. The standard InChI is InChI=1S/C20H19Cl2FN4O2/c1-11-13-3-2-12(8-16(13)26-27(11)9-17(28)29)25-20(6-7-24-10-20)18-15(23)5-4-14(21)19(18)22/h2-5,8,24-25H,6-7,9-10H2,1H3,(H,28,29). The molecule has 1 aliphatic heterocycles. The molecule has 1 fully saturated rings. The van der Waals surface area contributed by atoms with Crippen LogP contribution in [0.5, 0.6) is 0 Å². The van der Waals surface area contributed by atoms with Crippen LogP contribution in [-0.2, 0) is 16.9 Å². The molecule has 2 heterocycles. The van der Waals surface area contributed by atoms with E-state index in [1.807, 2.05) is 25.1 Å². The van der Waals surface area contributed by atoms with Gasteiger partial charge in [0.05, 0.1) is 21.1 Å². The van der Waals surface area contributed by atoms with E-state index in [9.17, 15) is 9.18 Å². The third kappa shape index (κ3) is 3.54. The zero-order chi connectivity index (χ0) is 20.8. The fourth-order valence-corrected chi connectivity index (χ4v) is 4.43. The predicted octanol–water partition coefficient (Wildman–Crippen LogP) is 4.18. The Bertz CT molecular complexity index is 1110. The molecule has 1 saturated heterocycles. The van der Waals surface area contributed by atoms with Gasteiger partial charge in [0.25, 0.3) is 0 Å². The number of carboxylic acids is 1. The van der Waals surface area contributed by atoms with E-state index in [2.05, 4.69) is 15.7 Å². The first-order valence-corrected chi connectivity index (χ1v) is 9.88. The molecular weight excluding hydrogens is 418 g/mol. The van der Waals surface area contributed by atoms with Gasteiger partial charge >= 0.3 is 5.97 Å². The topological polar surface area (TPSA) is 79.2 Å². The Morgan fingerprint density at radius 3 is 2.86 bits per heavy atom. The van der Waals surface area contributed by atoms with Crippen molar-refractivity contribution >= 4 is 45.8 Å². The van der Waals surface area contributed by atoms with Crippen LogP contribution < -0.4 is 10.6 Å². The van der Waals surface area contributed by atoms with E-state index in [1.165, 1.54) is 16.8 Å². The lowest BCUT2D eigenvalue weighted by Gasteiger charge is -2.33. The van der Waals surface area contributed by atoms with Crippen LogP contribution in [-0.4, -0.2) is 33.9 Å². The molecule has 1 aromatic heterocycles. The number of rotatable bonds is 5. The molecule has 6 nitrogen and oxygen atoms in total. The van der Waals surface area contributed by atoms with Gasteiger partial charge in [-0.1, -0.05) is 23.2 Å². The minimum atomic E-state index is -0.957. The first-order chi connectivity index (χ1) is 13.8. The third-order valence-corrected chi connectivity index (χ3v) is 6.15. The molecule has 3 aromatic rings. The summed E-state index contributed by atoms with van der Waals surface area (Å²) >= 11 is 12.6. The van der Waals surface area contributed by atoms with Crippen LogP contribution in [0.4, 0.5) is 10.1 Å². The molecule has 1 unspecified atom stereocenters. The van der Waals surface area contributed by atoms with Gasteiger partial charge in [-0.05, 0) is 50.2 Å². The number of aliphatic carboxylic acids is 1. The third-order valence-electron chi connectivity index (χ3n) is 5.35. The average Bonchev–Trinajstić information content (AvgIpc) is 3.24. The van der Waals surface area contributed by atoms with Crippen molar-refractivity contribution in [3.05, 3.63) is 57.5 Å². The van der Waals surface area contributed by atoms with Gasteiger partial charge in [-0.25, -0.2) is 4.39 Å². The number of carboxylic acid groups (broad SMARTS) is 1. The average molecular weight is 437 g/mol. The fourth-order valence-electron chi connectivity index (χ4n) is 3.94. The molecule has 152 valence electrons. The Balaban J connectivity index is 1.76. The van der Waals surface area contributed by atoms with Gasteiger partial charge < -0.3 is 15.7 Å². The smallest absolute Gasteiger partial charge is 0.325 e. The molecule has 4 rings (SSSR count). The summed E-state index contributed by atoms with van der Waals surface area (Å²) in [5, 5.41) is 21.5. The molecule has 3 N–H and O–H groups in total. The van der Waals surface area contributed by atoms with Gasteiger partial charge in [0.1, 0.15) is 12.4 Å². The van der Waals surface area contributed by atoms with Gasteiger partial charge in [0.15, 0.2) is 0 Å². The maximum absolute atomic E-state index is 14.8. The number of fused-ring (bicyclic) bond motifs is 1. The summed E-state index contributed by atoms with van der Waals surface area (Å²) in [4.78, 5) is 11.0. The highest BCUT2D eigenvalue weighted by molar-refractivity contribution is 6.42. The highest BCUT2D eigenvalue weighted by Crippen LogP contribution is 2.41.